The second kappa shape index (κ2) is 5.85. The number of carbonyl (C=O) groups is 1. The summed E-state index contributed by atoms with van der Waals surface area (Å²) in [6, 6.07) is 6.15. The molecule has 0 radical (unpaired) electrons. The Morgan fingerprint density at radius 3 is 3.00 bits per heavy atom. The van der Waals surface area contributed by atoms with Gasteiger partial charge in [0.25, 0.3) is 0 Å². The molecular formula is C16H21N3O2. The van der Waals surface area contributed by atoms with E-state index in [1.165, 1.54) is 12.8 Å². The summed E-state index contributed by atoms with van der Waals surface area (Å²) in [6.07, 6.45) is 5.30. The maximum atomic E-state index is 11.6. The SMILES string of the molecule is COCCN(c1nc2ccccn2c1C=O)C(C)C1CC1. The Hall–Kier alpha value is -1.88. The summed E-state index contributed by atoms with van der Waals surface area (Å²) in [7, 11) is 1.70. The third-order valence-corrected chi connectivity index (χ3v) is 4.26. The van der Waals surface area contributed by atoms with Crippen molar-refractivity contribution < 1.29 is 9.53 Å². The van der Waals surface area contributed by atoms with E-state index >= 15 is 0 Å². The van der Waals surface area contributed by atoms with Crippen molar-refractivity contribution in [2.75, 3.05) is 25.2 Å². The summed E-state index contributed by atoms with van der Waals surface area (Å²) in [5, 5.41) is 0. The van der Waals surface area contributed by atoms with Crippen molar-refractivity contribution in [1.82, 2.24) is 9.38 Å². The minimum absolute atomic E-state index is 0.378. The molecule has 2 heterocycles. The number of hydrogen-bond donors (Lipinski definition) is 0. The number of aromatic nitrogens is 2. The number of nitrogens with zero attached hydrogens (tertiary/aromatic N) is 3. The zero-order valence-corrected chi connectivity index (χ0v) is 12.5. The molecule has 5 heteroatoms. The normalized spacial score (nSPS) is 16.1. The molecule has 0 aliphatic heterocycles. The van der Waals surface area contributed by atoms with E-state index in [9.17, 15) is 4.79 Å². The quantitative estimate of drug-likeness (QED) is 0.734. The molecule has 0 N–H and O–H groups in total. The molecular weight excluding hydrogens is 266 g/mol. The zero-order chi connectivity index (χ0) is 14.8. The minimum Gasteiger partial charge on any atom is -0.383 e. The zero-order valence-electron chi connectivity index (χ0n) is 12.5. The average Bonchev–Trinajstić information content (AvgIpc) is 3.28. The van der Waals surface area contributed by atoms with E-state index in [4.69, 9.17) is 4.74 Å². The van der Waals surface area contributed by atoms with Gasteiger partial charge in [0, 0.05) is 25.9 Å². The van der Waals surface area contributed by atoms with Gasteiger partial charge < -0.3 is 9.64 Å². The summed E-state index contributed by atoms with van der Waals surface area (Å²) in [4.78, 5) is 18.5. The largest absolute Gasteiger partial charge is 0.383 e. The molecule has 2 aromatic rings. The van der Waals surface area contributed by atoms with E-state index in [1.807, 2.05) is 28.8 Å². The first-order chi connectivity index (χ1) is 10.3. The lowest BCUT2D eigenvalue weighted by molar-refractivity contribution is 0.111. The fraction of sp³-hybridized carbons (Fsp3) is 0.500. The number of hydrogen-bond acceptors (Lipinski definition) is 4. The van der Waals surface area contributed by atoms with Crippen molar-refractivity contribution in [2.45, 2.75) is 25.8 Å². The van der Waals surface area contributed by atoms with Crippen molar-refractivity contribution in [3.63, 3.8) is 0 Å². The van der Waals surface area contributed by atoms with Gasteiger partial charge in [-0.25, -0.2) is 4.98 Å². The molecule has 1 unspecified atom stereocenters. The van der Waals surface area contributed by atoms with Crippen LogP contribution in [0.1, 0.15) is 30.3 Å². The van der Waals surface area contributed by atoms with Gasteiger partial charge in [-0.15, -0.1) is 0 Å². The van der Waals surface area contributed by atoms with Crippen LogP contribution in [0, 0.1) is 5.92 Å². The van der Waals surface area contributed by atoms with Gasteiger partial charge in [-0.05, 0) is 37.8 Å². The molecule has 3 rings (SSSR count). The number of imidazole rings is 1. The highest BCUT2D eigenvalue weighted by atomic mass is 16.5. The van der Waals surface area contributed by atoms with Gasteiger partial charge in [0.15, 0.2) is 12.1 Å². The molecule has 112 valence electrons. The van der Waals surface area contributed by atoms with Gasteiger partial charge >= 0.3 is 0 Å². The van der Waals surface area contributed by atoms with Crippen molar-refractivity contribution in [2.24, 2.45) is 5.92 Å². The highest BCUT2D eigenvalue weighted by Crippen LogP contribution is 2.37. The van der Waals surface area contributed by atoms with Crippen molar-refractivity contribution in [3.8, 4) is 0 Å². The highest BCUT2D eigenvalue weighted by Gasteiger charge is 2.34. The first kappa shape index (κ1) is 14.1. The molecule has 1 fully saturated rings. The van der Waals surface area contributed by atoms with E-state index in [-0.39, 0.29) is 0 Å². The van der Waals surface area contributed by atoms with Gasteiger partial charge in [-0.1, -0.05) is 6.07 Å². The van der Waals surface area contributed by atoms with Crippen LogP contribution in [0.2, 0.25) is 0 Å². The van der Waals surface area contributed by atoms with Crippen molar-refractivity contribution in [3.05, 3.63) is 30.1 Å². The van der Waals surface area contributed by atoms with Crippen LogP contribution in [0.15, 0.2) is 24.4 Å². The van der Waals surface area contributed by atoms with Crippen LogP contribution in [-0.4, -0.2) is 42.0 Å². The van der Waals surface area contributed by atoms with Crippen LogP contribution in [0.25, 0.3) is 5.65 Å². The third-order valence-electron chi connectivity index (χ3n) is 4.26. The summed E-state index contributed by atoms with van der Waals surface area (Å²) in [5.74, 6) is 1.47. The fourth-order valence-electron chi connectivity index (χ4n) is 2.85. The molecule has 1 aliphatic rings. The van der Waals surface area contributed by atoms with Gasteiger partial charge in [0.2, 0.25) is 0 Å². The lowest BCUT2D eigenvalue weighted by Gasteiger charge is -2.29. The predicted molar refractivity (Wildman–Crippen MR) is 82.0 cm³/mol. The van der Waals surface area contributed by atoms with Crippen LogP contribution in [0.5, 0.6) is 0 Å². The molecule has 21 heavy (non-hydrogen) atoms. The first-order valence-corrected chi connectivity index (χ1v) is 7.44. The number of ether oxygens (including phenoxy) is 1. The number of aldehydes is 1. The van der Waals surface area contributed by atoms with Crippen molar-refractivity contribution >= 4 is 17.8 Å². The number of carbonyl (C=O) groups excluding carboxylic acids is 1. The molecule has 1 atom stereocenters. The fourth-order valence-corrected chi connectivity index (χ4v) is 2.85. The van der Waals surface area contributed by atoms with E-state index in [1.54, 1.807) is 7.11 Å². The molecule has 5 nitrogen and oxygen atoms in total. The molecule has 0 spiro atoms. The Kier molecular flexibility index (Phi) is 3.92. The van der Waals surface area contributed by atoms with E-state index in [0.29, 0.717) is 24.3 Å². The summed E-state index contributed by atoms with van der Waals surface area (Å²) in [5.41, 5.74) is 1.43. The summed E-state index contributed by atoms with van der Waals surface area (Å²) >= 11 is 0. The lowest BCUT2D eigenvalue weighted by Crippen LogP contribution is -2.38. The summed E-state index contributed by atoms with van der Waals surface area (Å²) < 4.78 is 7.08. The lowest BCUT2D eigenvalue weighted by atomic mass is 10.1. The van der Waals surface area contributed by atoms with E-state index in [0.717, 1.165) is 24.3 Å². The first-order valence-electron chi connectivity index (χ1n) is 7.44. The molecule has 0 bridgehead atoms. The topological polar surface area (TPSA) is 46.8 Å². The monoisotopic (exact) mass is 287 g/mol. The summed E-state index contributed by atoms with van der Waals surface area (Å²) in [6.45, 7) is 3.59. The average molecular weight is 287 g/mol. The Labute approximate surface area is 124 Å². The number of rotatable bonds is 7. The second-order valence-corrected chi connectivity index (χ2v) is 5.63. The van der Waals surface area contributed by atoms with Crippen LogP contribution in [0.4, 0.5) is 5.82 Å². The second-order valence-electron chi connectivity index (χ2n) is 5.63. The smallest absolute Gasteiger partial charge is 0.170 e. The molecule has 0 saturated heterocycles. The molecule has 2 aromatic heterocycles. The van der Waals surface area contributed by atoms with Crippen LogP contribution in [0.3, 0.4) is 0 Å². The Morgan fingerprint density at radius 2 is 2.33 bits per heavy atom. The highest BCUT2D eigenvalue weighted by molar-refractivity contribution is 5.83. The van der Waals surface area contributed by atoms with E-state index in [2.05, 4.69) is 16.8 Å². The number of methoxy groups -OCH3 is 1. The van der Waals surface area contributed by atoms with Crippen LogP contribution in [-0.2, 0) is 4.74 Å². The Bertz CT molecular complexity index is 633. The maximum absolute atomic E-state index is 11.6. The molecule has 0 amide bonds. The number of pyridine rings is 1. The third kappa shape index (κ3) is 2.65. The van der Waals surface area contributed by atoms with Gasteiger partial charge in [0.1, 0.15) is 11.3 Å². The van der Waals surface area contributed by atoms with E-state index < -0.39 is 0 Å². The molecule has 0 aromatic carbocycles. The van der Waals surface area contributed by atoms with Gasteiger partial charge in [0.05, 0.1) is 6.61 Å². The number of anilines is 1. The predicted octanol–water partition coefficient (Wildman–Crippen LogP) is 2.40. The molecule has 1 saturated carbocycles. The standard InChI is InChI=1S/C16H21N3O2/c1-12(13-6-7-13)18(9-10-21-2)16-14(11-20)19-8-4-3-5-15(19)17-16/h3-5,8,11-13H,6-7,9-10H2,1-2H3. The van der Waals surface area contributed by atoms with Gasteiger partial charge in [-0.2, -0.15) is 0 Å². The van der Waals surface area contributed by atoms with Crippen molar-refractivity contribution in [1.29, 1.82) is 0 Å². The maximum Gasteiger partial charge on any atom is 0.170 e. The van der Waals surface area contributed by atoms with Crippen LogP contribution >= 0.6 is 0 Å². The number of fused-ring (bicyclic) bond motifs is 1. The molecule has 1 aliphatic carbocycles. The van der Waals surface area contributed by atoms with Gasteiger partial charge in [-0.3, -0.25) is 9.20 Å². The minimum atomic E-state index is 0.378. The Morgan fingerprint density at radius 1 is 1.52 bits per heavy atom. The Balaban J connectivity index is 2.02. The van der Waals surface area contributed by atoms with Crippen LogP contribution < -0.4 is 4.90 Å².